The number of aromatic carboxylic acids is 1. The number of furan rings is 1. The van der Waals surface area contributed by atoms with Crippen LogP contribution < -0.4 is 0 Å². The van der Waals surface area contributed by atoms with Crippen molar-refractivity contribution in [3.05, 3.63) is 41.7 Å². The molecule has 0 amide bonds. The number of carbonyl (C=O) groups is 1. The van der Waals surface area contributed by atoms with Crippen LogP contribution in [0.1, 0.15) is 16.1 Å². The molecule has 0 atom stereocenters. The lowest BCUT2D eigenvalue weighted by Crippen LogP contribution is -2.04. The van der Waals surface area contributed by atoms with Crippen LogP contribution in [0.25, 0.3) is 11.3 Å². The molecule has 0 saturated carbocycles. The molecule has 1 aromatic heterocycles. The molecule has 2 rings (SSSR count). The Morgan fingerprint density at radius 3 is 2.32 bits per heavy atom. The van der Waals surface area contributed by atoms with E-state index in [4.69, 9.17) is 9.52 Å². The lowest BCUT2D eigenvalue weighted by Gasteiger charge is -2.08. The van der Waals surface area contributed by atoms with Crippen molar-refractivity contribution in [2.75, 3.05) is 0 Å². The fraction of sp³-hybridized carbons (Fsp3) is 0.0833. The summed E-state index contributed by atoms with van der Waals surface area (Å²) in [7, 11) is 0. The molecular formula is C12H7F3O4. The molecule has 2 aromatic rings. The average molecular weight is 272 g/mol. The molecule has 0 radical (unpaired) electrons. The second-order valence-corrected chi connectivity index (χ2v) is 3.70. The van der Waals surface area contributed by atoms with Gasteiger partial charge in [-0.1, -0.05) is 0 Å². The number of hydrogen-bond acceptors (Lipinski definition) is 3. The molecule has 0 bridgehead atoms. The Balaban J connectivity index is 2.43. The van der Waals surface area contributed by atoms with Gasteiger partial charge >= 0.3 is 12.1 Å². The third-order valence-corrected chi connectivity index (χ3v) is 2.41. The molecule has 19 heavy (non-hydrogen) atoms. The van der Waals surface area contributed by atoms with Gasteiger partial charge in [0, 0.05) is 0 Å². The minimum Gasteiger partial charge on any atom is -0.507 e. The van der Waals surface area contributed by atoms with Crippen LogP contribution in [-0.4, -0.2) is 16.2 Å². The third-order valence-electron chi connectivity index (χ3n) is 2.41. The SMILES string of the molecule is O=C(O)c1ccc(-c2ccc(C(F)(F)F)cc2O)o1. The fourth-order valence-corrected chi connectivity index (χ4v) is 1.51. The molecule has 0 aliphatic rings. The van der Waals surface area contributed by atoms with E-state index in [1.54, 1.807) is 0 Å². The molecule has 1 heterocycles. The highest BCUT2D eigenvalue weighted by Crippen LogP contribution is 2.36. The van der Waals surface area contributed by atoms with Crippen molar-refractivity contribution in [2.45, 2.75) is 6.18 Å². The van der Waals surface area contributed by atoms with Crippen LogP contribution in [0.2, 0.25) is 0 Å². The van der Waals surface area contributed by atoms with E-state index in [9.17, 15) is 23.1 Å². The van der Waals surface area contributed by atoms with Gasteiger partial charge in [-0.05, 0) is 30.3 Å². The van der Waals surface area contributed by atoms with Gasteiger partial charge in [0.15, 0.2) is 0 Å². The number of alkyl halides is 3. The van der Waals surface area contributed by atoms with Gasteiger partial charge in [-0.2, -0.15) is 13.2 Å². The first-order chi connectivity index (χ1) is 8.79. The lowest BCUT2D eigenvalue weighted by molar-refractivity contribution is -0.137. The van der Waals surface area contributed by atoms with E-state index in [1.165, 1.54) is 6.07 Å². The van der Waals surface area contributed by atoms with Crippen LogP contribution in [-0.2, 0) is 6.18 Å². The maximum Gasteiger partial charge on any atom is 0.416 e. The second kappa shape index (κ2) is 4.34. The predicted octanol–water partition coefficient (Wildman–Crippen LogP) is 3.37. The van der Waals surface area contributed by atoms with E-state index >= 15 is 0 Å². The zero-order valence-corrected chi connectivity index (χ0v) is 9.23. The van der Waals surface area contributed by atoms with Gasteiger partial charge in [-0.15, -0.1) is 0 Å². The van der Waals surface area contributed by atoms with Gasteiger partial charge in [-0.25, -0.2) is 4.79 Å². The Hall–Kier alpha value is -2.44. The largest absolute Gasteiger partial charge is 0.507 e. The van der Waals surface area contributed by atoms with E-state index in [-0.39, 0.29) is 17.1 Å². The minimum atomic E-state index is -4.56. The number of carboxylic acids is 1. The third kappa shape index (κ3) is 2.54. The summed E-state index contributed by atoms with van der Waals surface area (Å²) < 4.78 is 42.1. The van der Waals surface area contributed by atoms with Gasteiger partial charge in [-0.3, -0.25) is 0 Å². The summed E-state index contributed by atoms with van der Waals surface area (Å²) in [4.78, 5) is 10.6. The number of carboxylic acid groups (broad SMARTS) is 1. The van der Waals surface area contributed by atoms with Crippen LogP contribution >= 0.6 is 0 Å². The summed E-state index contributed by atoms with van der Waals surface area (Å²) in [5, 5.41) is 18.2. The number of halogens is 3. The molecule has 2 N–H and O–H groups in total. The van der Waals surface area contributed by atoms with Crippen molar-refractivity contribution in [1.82, 2.24) is 0 Å². The van der Waals surface area contributed by atoms with Gasteiger partial charge in [0.1, 0.15) is 11.5 Å². The number of benzene rings is 1. The van der Waals surface area contributed by atoms with Crippen molar-refractivity contribution in [1.29, 1.82) is 0 Å². The Morgan fingerprint density at radius 1 is 1.16 bits per heavy atom. The summed E-state index contributed by atoms with van der Waals surface area (Å²) >= 11 is 0. The Kier molecular flexibility index (Phi) is 2.97. The minimum absolute atomic E-state index is 0.0134. The molecule has 0 saturated heterocycles. The van der Waals surface area contributed by atoms with Crippen LogP contribution in [0, 0.1) is 0 Å². The van der Waals surface area contributed by atoms with Gasteiger partial charge in [0.25, 0.3) is 0 Å². The summed E-state index contributed by atoms with van der Waals surface area (Å²) in [6, 6.07) is 4.75. The van der Waals surface area contributed by atoms with E-state index < -0.39 is 23.5 Å². The van der Waals surface area contributed by atoms with Crippen molar-refractivity contribution in [3.63, 3.8) is 0 Å². The van der Waals surface area contributed by atoms with E-state index in [0.717, 1.165) is 18.2 Å². The van der Waals surface area contributed by atoms with Crippen molar-refractivity contribution in [2.24, 2.45) is 0 Å². The van der Waals surface area contributed by atoms with Crippen molar-refractivity contribution < 1.29 is 32.6 Å². The summed E-state index contributed by atoms with van der Waals surface area (Å²) in [5.41, 5.74) is -1.01. The maximum absolute atomic E-state index is 12.4. The highest BCUT2D eigenvalue weighted by Gasteiger charge is 2.31. The number of phenolic OH excluding ortho intramolecular Hbond substituents is 1. The van der Waals surface area contributed by atoms with Crippen molar-refractivity contribution >= 4 is 5.97 Å². The Morgan fingerprint density at radius 2 is 1.84 bits per heavy atom. The zero-order valence-electron chi connectivity index (χ0n) is 9.23. The second-order valence-electron chi connectivity index (χ2n) is 3.70. The monoisotopic (exact) mass is 272 g/mol. The first-order valence-corrected chi connectivity index (χ1v) is 5.03. The van der Waals surface area contributed by atoms with Crippen LogP contribution in [0.5, 0.6) is 5.75 Å². The van der Waals surface area contributed by atoms with Crippen LogP contribution in [0.3, 0.4) is 0 Å². The number of phenols is 1. The average Bonchev–Trinajstić information content (AvgIpc) is 2.76. The smallest absolute Gasteiger partial charge is 0.416 e. The Bertz CT molecular complexity index is 628. The molecule has 0 spiro atoms. The molecule has 7 heteroatoms. The summed E-state index contributed by atoms with van der Waals surface area (Å²) in [6.07, 6.45) is -4.56. The predicted molar refractivity (Wildman–Crippen MR) is 57.8 cm³/mol. The summed E-state index contributed by atoms with van der Waals surface area (Å²) in [5.74, 6) is -2.34. The van der Waals surface area contributed by atoms with Crippen molar-refractivity contribution in [3.8, 4) is 17.1 Å². The lowest BCUT2D eigenvalue weighted by atomic mass is 10.1. The Labute approximate surface area is 104 Å². The first-order valence-electron chi connectivity index (χ1n) is 5.03. The van der Waals surface area contributed by atoms with Gasteiger partial charge < -0.3 is 14.6 Å². The molecule has 0 aliphatic heterocycles. The molecule has 0 aliphatic carbocycles. The highest BCUT2D eigenvalue weighted by atomic mass is 19.4. The molecular weight excluding hydrogens is 265 g/mol. The summed E-state index contributed by atoms with van der Waals surface area (Å²) in [6.45, 7) is 0. The zero-order chi connectivity index (χ0) is 14.2. The normalized spacial score (nSPS) is 11.5. The maximum atomic E-state index is 12.4. The van der Waals surface area contributed by atoms with Gasteiger partial charge in [0.05, 0.1) is 11.1 Å². The molecule has 4 nitrogen and oxygen atoms in total. The molecule has 1 aromatic carbocycles. The fourth-order valence-electron chi connectivity index (χ4n) is 1.51. The first kappa shape index (κ1) is 13.0. The van der Waals surface area contributed by atoms with E-state index in [0.29, 0.717) is 6.07 Å². The van der Waals surface area contributed by atoms with Crippen LogP contribution in [0.15, 0.2) is 34.7 Å². The molecule has 0 fully saturated rings. The van der Waals surface area contributed by atoms with Crippen LogP contribution in [0.4, 0.5) is 13.2 Å². The van der Waals surface area contributed by atoms with E-state index in [2.05, 4.69) is 0 Å². The standard InChI is InChI=1S/C12H7F3O4/c13-12(14,15)6-1-2-7(8(16)5-6)9-3-4-10(19-9)11(17)18/h1-5,16H,(H,17,18). The number of rotatable bonds is 2. The van der Waals surface area contributed by atoms with Gasteiger partial charge in [0.2, 0.25) is 5.76 Å². The molecule has 0 unspecified atom stereocenters. The van der Waals surface area contributed by atoms with E-state index in [1.807, 2.05) is 0 Å². The number of aromatic hydroxyl groups is 1. The topological polar surface area (TPSA) is 70.7 Å². The molecule has 100 valence electrons. The number of hydrogen-bond donors (Lipinski definition) is 2. The highest BCUT2D eigenvalue weighted by molar-refractivity contribution is 5.85. The quantitative estimate of drug-likeness (QED) is 0.879.